The molecule has 0 atom stereocenters. The molecule has 0 bridgehead atoms. The van der Waals surface area contributed by atoms with Crippen molar-refractivity contribution < 1.29 is 10.0 Å². The summed E-state index contributed by atoms with van der Waals surface area (Å²) in [5.41, 5.74) is 5.25. The van der Waals surface area contributed by atoms with Crippen molar-refractivity contribution in [2.75, 3.05) is 19.6 Å². The molecule has 80 valence electrons. The lowest BCUT2D eigenvalue weighted by Crippen LogP contribution is -2.39. The summed E-state index contributed by atoms with van der Waals surface area (Å²) in [7, 11) is 0. The Labute approximate surface area is 82.7 Å². The summed E-state index contributed by atoms with van der Waals surface area (Å²) in [5.74, 6) is 0.131. The number of oxime groups is 1. The van der Waals surface area contributed by atoms with E-state index in [1.165, 1.54) is 0 Å². The highest BCUT2D eigenvalue weighted by Crippen LogP contribution is 2.06. The molecule has 4 N–H and O–H groups in total. The summed E-state index contributed by atoms with van der Waals surface area (Å²) in [6.45, 7) is 2.07. The van der Waals surface area contributed by atoms with E-state index >= 15 is 0 Å². The summed E-state index contributed by atoms with van der Waals surface area (Å²) in [4.78, 5) is 13.2. The van der Waals surface area contributed by atoms with Crippen LogP contribution >= 0.6 is 0 Å². The van der Waals surface area contributed by atoms with Crippen LogP contribution in [0.5, 0.6) is 0 Å². The first-order valence-electron chi connectivity index (χ1n) is 4.73. The van der Waals surface area contributed by atoms with Gasteiger partial charge >= 0.3 is 6.03 Å². The minimum Gasteiger partial charge on any atom is -0.409 e. The Morgan fingerprint density at radius 3 is 2.71 bits per heavy atom. The zero-order chi connectivity index (χ0) is 10.4. The first-order valence-corrected chi connectivity index (χ1v) is 4.73. The molecule has 6 heteroatoms. The molecule has 1 heterocycles. The Balaban J connectivity index is 2.14. The molecule has 0 aliphatic carbocycles. The molecule has 0 saturated carbocycles. The third-order valence-corrected chi connectivity index (χ3v) is 2.18. The van der Waals surface area contributed by atoms with Gasteiger partial charge in [-0.2, -0.15) is 0 Å². The maximum atomic E-state index is 11.4. The van der Waals surface area contributed by atoms with E-state index in [2.05, 4.69) is 10.5 Å². The molecule has 2 amide bonds. The van der Waals surface area contributed by atoms with Gasteiger partial charge in [0.15, 0.2) is 0 Å². The first-order chi connectivity index (χ1) is 6.74. The fourth-order valence-corrected chi connectivity index (χ4v) is 1.38. The molecule has 0 aromatic heterocycles. The average molecular weight is 200 g/mol. The third kappa shape index (κ3) is 3.12. The van der Waals surface area contributed by atoms with E-state index in [0.29, 0.717) is 13.0 Å². The molecule has 1 aliphatic rings. The molecular weight excluding hydrogens is 184 g/mol. The summed E-state index contributed by atoms with van der Waals surface area (Å²) in [5, 5.41) is 13.8. The smallest absolute Gasteiger partial charge is 0.317 e. The van der Waals surface area contributed by atoms with Crippen LogP contribution in [0, 0.1) is 0 Å². The fraction of sp³-hybridized carbons (Fsp3) is 0.750. The number of amides is 2. The second-order valence-electron chi connectivity index (χ2n) is 3.27. The monoisotopic (exact) mass is 200 g/mol. The summed E-state index contributed by atoms with van der Waals surface area (Å²) < 4.78 is 0. The molecule has 0 spiro atoms. The topological polar surface area (TPSA) is 91.0 Å². The minimum absolute atomic E-state index is 0.0618. The second kappa shape index (κ2) is 5.31. The maximum Gasteiger partial charge on any atom is 0.317 e. The zero-order valence-corrected chi connectivity index (χ0v) is 8.07. The van der Waals surface area contributed by atoms with Gasteiger partial charge in [-0.05, 0) is 12.8 Å². The molecule has 1 fully saturated rings. The van der Waals surface area contributed by atoms with E-state index in [1.807, 2.05) is 0 Å². The van der Waals surface area contributed by atoms with Gasteiger partial charge in [-0.25, -0.2) is 4.79 Å². The Bertz CT molecular complexity index is 223. The number of carbonyl (C=O) groups is 1. The molecule has 0 aromatic carbocycles. The van der Waals surface area contributed by atoms with Crippen LogP contribution in [0.2, 0.25) is 0 Å². The standard InChI is InChI=1S/C8H16N4O2/c9-7(11-14)3-4-10-8(13)12-5-1-2-6-12/h14H,1-6H2,(H2,9,11)(H,10,13). The average Bonchev–Trinajstić information content (AvgIpc) is 2.70. The van der Waals surface area contributed by atoms with E-state index in [-0.39, 0.29) is 11.9 Å². The van der Waals surface area contributed by atoms with Crippen LogP contribution in [-0.2, 0) is 0 Å². The highest BCUT2D eigenvalue weighted by molar-refractivity contribution is 5.80. The highest BCUT2D eigenvalue weighted by Gasteiger charge is 2.16. The van der Waals surface area contributed by atoms with E-state index < -0.39 is 0 Å². The number of carbonyl (C=O) groups excluding carboxylic acids is 1. The molecule has 0 aromatic rings. The third-order valence-electron chi connectivity index (χ3n) is 2.18. The van der Waals surface area contributed by atoms with Gasteiger partial charge in [0.2, 0.25) is 0 Å². The number of nitrogens with two attached hydrogens (primary N) is 1. The van der Waals surface area contributed by atoms with E-state index in [0.717, 1.165) is 25.9 Å². The van der Waals surface area contributed by atoms with E-state index in [1.54, 1.807) is 4.90 Å². The fourth-order valence-electron chi connectivity index (χ4n) is 1.38. The van der Waals surface area contributed by atoms with Crippen LogP contribution in [0.4, 0.5) is 4.79 Å². The van der Waals surface area contributed by atoms with Gasteiger partial charge in [0, 0.05) is 26.1 Å². The highest BCUT2D eigenvalue weighted by atomic mass is 16.4. The molecule has 14 heavy (non-hydrogen) atoms. The van der Waals surface area contributed by atoms with Gasteiger partial charge < -0.3 is 21.2 Å². The van der Waals surface area contributed by atoms with Gasteiger partial charge in [0.1, 0.15) is 5.84 Å². The van der Waals surface area contributed by atoms with E-state index in [4.69, 9.17) is 10.9 Å². The number of nitrogens with zero attached hydrogens (tertiary/aromatic N) is 2. The minimum atomic E-state index is -0.0618. The lowest BCUT2D eigenvalue weighted by atomic mass is 10.4. The Morgan fingerprint density at radius 1 is 1.50 bits per heavy atom. The molecule has 0 unspecified atom stereocenters. The number of nitrogens with one attached hydrogen (secondary N) is 1. The van der Waals surface area contributed by atoms with Crippen molar-refractivity contribution in [3.63, 3.8) is 0 Å². The Morgan fingerprint density at radius 2 is 2.14 bits per heavy atom. The second-order valence-corrected chi connectivity index (χ2v) is 3.27. The number of rotatable bonds is 3. The number of likely N-dealkylation sites (tertiary alicyclic amines) is 1. The van der Waals surface area contributed by atoms with Gasteiger partial charge in [0.25, 0.3) is 0 Å². The van der Waals surface area contributed by atoms with Crippen LogP contribution in [0.1, 0.15) is 19.3 Å². The van der Waals surface area contributed by atoms with Crippen molar-refractivity contribution in [2.45, 2.75) is 19.3 Å². The van der Waals surface area contributed by atoms with Crippen LogP contribution < -0.4 is 11.1 Å². The van der Waals surface area contributed by atoms with Gasteiger partial charge in [-0.3, -0.25) is 0 Å². The normalized spacial score (nSPS) is 17.1. The summed E-state index contributed by atoms with van der Waals surface area (Å²) in [6.07, 6.45) is 2.53. The SMILES string of the molecule is NC(CCNC(=O)N1CCCC1)=NO. The van der Waals surface area contributed by atoms with Crippen molar-refractivity contribution in [1.82, 2.24) is 10.2 Å². The quantitative estimate of drug-likeness (QED) is 0.258. The summed E-state index contributed by atoms with van der Waals surface area (Å²) >= 11 is 0. The largest absolute Gasteiger partial charge is 0.409 e. The number of urea groups is 1. The van der Waals surface area contributed by atoms with Crippen molar-refractivity contribution in [1.29, 1.82) is 0 Å². The molecule has 1 rings (SSSR count). The zero-order valence-electron chi connectivity index (χ0n) is 8.07. The van der Waals surface area contributed by atoms with Crippen molar-refractivity contribution >= 4 is 11.9 Å². The van der Waals surface area contributed by atoms with E-state index in [9.17, 15) is 4.79 Å². The molecule has 0 radical (unpaired) electrons. The van der Waals surface area contributed by atoms with Crippen LogP contribution in [0.15, 0.2) is 5.16 Å². The lowest BCUT2D eigenvalue weighted by Gasteiger charge is -2.15. The lowest BCUT2D eigenvalue weighted by molar-refractivity contribution is 0.209. The Kier molecular flexibility index (Phi) is 4.03. The predicted molar refractivity (Wildman–Crippen MR) is 52.2 cm³/mol. The van der Waals surface area contributed by atoms with Crippen LogP contribution in [-0.4, -0.2) is 41.6 Å². The molecular formula is C8H16N4O2. The predicted octanol–water partition coefficient (Wildman–Crippen LogP) is -0.0717. The van der Waals surface area contributed by atoms with Crippen molar-refractivity contribution in [3.8, 4) is 0 Å². The molecule has 1 saturated heterocycles. The summed E-state index contributed by atoms with van der Waals surface area (Å²) in [6, 6.07) is -0.0618. The molecule has 1 aliphatic heterocycles. The van der Waals surface area contributed by atoms with Gasteiger partial charge in [-0.15, -0.1) is 0 Å². The van der Waals surface area contributed by atoms with Crippen molar-refractivity contribution in [2.24, 2.45) is 10.9 Å². The Hall–Kier alpha value is -1.46. The number of hydrogen-bond donors (Lipinski definition) is 3. The van der Waals surface area contributed by atoms with Crippen LogP contribution in [0.3, 0.4) is 0 Å². The van der Waals surface area contributed by atoms with Gasteiger partial charge in [-0.1, -0.05) is 5.16 Å². The van der Waals surface area contributed by atoms with Crippen LogP contribution in [0.25, 0.3) is 0 Å². The number of amidine groups is 1. The van der Waals surface area contributed by atoms with Gasteiger partial charge in [0.05, 0.1) is 0 Å². The number of hydrogen-bond acceptors (Lipinski definition) is 3. The molecule has 6 nitrogen and oxygen atoms in total. The first kappa shape index (κ1) is 10.6. The maximum absolute atomic E-state index is 11.4. The van der Waals surface area contributed by atoms with Crippen molar-refractivity contribution in [3.05, 3.63) is 0 Å².